The van der Waals surface area contributed by atoms with Crippen molar-refractivity contribution in [2.45, 2.75) is 12.2 Å². The number of rotatable bonds is 3. The SMILES string of the molecule is O=C(O)[C@@H](O)[C@@H](O)c1ccc(F)cc1. The highest BCUT2D eigenvalue weighted by atomic mass is 19.1. The summed E-state index contributed by atoms with van der Waals surface area (Å²) in [7, 11) is 0. The molecular weight excluding hydrogens is 191 g/mol. The predicted octanol–water partition coefficient (Wildman–Crippen LogP) is 0.305. The van der Waals surface area contributed by atoms with Gasteiger partial charge in [-0.2, -0.15) is 0 Å². The summed E-state index contributed by atoms with van der Waals surface area (Å²) in [5, 5.41) is 26.7. The molecule has 0 aromatic heterocycles. The number of halogens is 1. The molecule has 0 aliphatic carbocycles. The quantitative estimate of drug-likeness (QED) is 0.656. The van der Waals surface area contributed by atoms with E-state index < -0.39 is 24.0 Å². The third kappa shape index (κ3) is 2.27. The van der Waals surface area contributed by atoms with Crippen molar-refractivity contribution in [1.82, 2.24) is 0 Å². The largest absolute Gasteiger partial charge is 0.479 e. The summed E-state index contributed by atoms with van der Waals surface area (Å²) in [5.74, 6) is -2.02. The number of aliphatic hydroxyl groups is 2. The van der Waals surface area contributed by atoms with Gasteiger partial charge in [-0.05, 0) is 17.7 Å². The summed E-state index contributed by atoms with van der Waals surface area (Å²) in [6.45, 7) is 0. The minimum absolute atomic E-state index is 0.154. The first-order chi connectivity index (χ1) is 6.52. The van der Waals surface area contributed by atoms with E-state index >= 15 is 0 Å². The van der Waals surface area contributed by atoms with E-state index in [1.54, 1.807) is 0 Å². The second-order valence-electron chi connectivity index (χ2n) is 2.78. The van der Waals surface area contributed by atoms with Gasteiger partial charge in [0, 0.05) is 0 Å². The summed E-state index contributed by atoms with van der Waals surface area (Å²) in [4.78, 5) is 10.3. The van der Waals surface area contributed by atoms with Crippen molar-refractivity contribution in [2.24, 2.45) is 0 Å². The van der Waals surface area contributed by atoms with Crippen LogP contribution in [0.2, 0.25) is 0 Å². The zero-order chi connectivity index (χ0) is 10.7. The van der Waals surface area contributed by atoms with Gasteiger partial charge in [-0.1, -0.05) is 12.1 Å². The van der Waals surface area contributed by atoms with E-state index in [-0.39, 0.29) is 5.56 Å². The molecule has 0 amide bonds. The first-order valence-corrected chi connectivity index (χ1v) is 3.87. The van der Waals surface area contributed by atoms with Crippen molar-refractivity contribution in [2.75, 3.05) is 0 Å². The lowest BCUT2D eigenvalue weighted by atomic mass is 10.0. The molecule has 0 fully saturated rings. The van der Waals surface area contributed by atoms with Crippen LogP contribution in [0.15, 0.2) is 24.3 Å². The van der Waals surface area contributed by atoms with Crippen LogP contribution in [0, 0.1) is 5.82 Å². The minimum Gasteiger partial charge on any atom is -0.479 e. The van der Waals surface area contributed by atoms with Gasteiger partial charge in [-0.3, -0.25) is 0 Å². The maximum absolute atomic E-state index is 12.4. The Balaban J connectivity index is 2.84. The molecule has 0 unspecified atom stereocenters. The number of aliphatic hydroxyl groups excluding tert-OH is 2. The first-order valence-electron chi connectivity index (χ1n) is 3.87. The Kier molecular flexibility index (Phi) is 3.16. The van der Waals surface area contributed by atoms with E-state index in [0.717, 1.165) is 12.1 Å². The molecule has 4 nitrogen and oxygen atoms in total. The van der Waals surface area contributed by atoms with Gasteiger partial charge in [0.05, 0.1) is 0 Å². The lowest BCUT2D eigenvalue weighted by Gasteiger charge is -2.13. The number of benzene rings is 1. The summed E-state index contributed by atoms with van der Waals surface area (Å²) in [6, 6.07) is 4.58. The van der Waals surface area contributed by atoms with Crippen LogP contribution >= 0.6 is 0 Å². The number of carboxylic acids is 1. The highest BCUT2D eigenvalue weighted by molar-refractivity contribution is 5.73. The third-order valence-corrected chi connectivity index (χ3v) is 1.76. The van der Waals surface area contributed by atoms with Gasteiger partial charge in [-0.25, -0.2) is 9.18 Å². The third-order valence-electron chi connectivity index (χ3n) is 1.76. The molecule has 1 aromatic rings. The fraction of sp³-hybridized carbons (Fsp3) is 0.222. The van der Waals surface area contributed by atoms with Gasteiger partial charge in [-0.15, -0.1) is 0 Å². The van der Waals surface area contributed by atoms with E-state index in [1.807, 2.05) is 0 Å². The lowest BCUT2D eigenvalue weighted by Crippen LogP contribution is -2.27. The Morgan fingerprint density at radius 3 is 2.14 bits per heavy atom. The van der Waals surface area contributed by atoms with Gasteiger partial charge in [0.25, 0.3) is 0 Å². The molecule has 1 rings (SSSR count). The van der Waals surface area contributed by atoms with Crippen molar-refractivity contribution in [1.29, 1.82) is 0 Å². The van der Waals surface area contributed by atoms with E-state index in [0.29, 0.717) is 0 Å². The Bertz CT molecular complexity index is 322. The second kappa shape index (κ2) is 4.17. The van der Waals surface area contributed by atoms with Gasteiger partial charge >= 0.3 is 5.97 Å². The molecule has 0 aliphatic rings. The second-order valence-corrected chi connectivity index (χ2v) is 2.78. The molecule has 0 heterocycles. The monoisotopic (exact) mass is 200 g/mol. The molecule has 76 valence electrons. The topological polar surface area (TPSA) is 77.8 Å². The molecule has 0 aliphatic heterocycles. The molecule has 14 heavy (non-hydrogen) atoms. The van der Waals surface area contributed by atoms with Crippen molar-refractivity contribution < 1.29 is 24.5 Å². The standard InChI is InChI=1S/C9H9FO4/c10-6-3-1-5(2-4-6)7(11)8(12)9(13)14/h1-4,7-8,11-12H,(H,13,14)/t7-,8-/m0/s1. The normalized spacial score (nSPS) is 14.8. The summed E-state index contributed by atoms with van der Waals surface area (Å²) < 4.78 is 12.4. The first kappa shape index (κ1) is 10.6. The Morgan fingerprint density at radius 2 is 1.71 bits per heavy atom. The van der Waals surface area contributed by atoms with Gasteiger partial charge in [0.2, 0.25) is 0 Å². The van der Waals surface area contributed by atoms with Crippen LogP contribution in [-0.4, -0.2) is 27.4 Å². The fourth-order valence-electron chi connectivity index (χ4n) is 0.977. The van der Waals surface area contributed by atoms with Crippen LogP contribution in [0.1, 0.15) is 11.7 Å². The maximum atomic E-state index is 12.4. The minimum atomic E-state index is -1.90. The number of carbonyl (C=O) groups is 1. The average molecular weight is 200 g/mol. The van der Waals surface area contributed by atoms with Crippen molar-refractivity contribution >= 4 is 5.97 Å². The van der Waals surface area contributed by atoms with Crippen molar-refractivity contribution in [3.63, 3.8) is 0 Å². The zero-order valence-corrected chi connectivity index (χ0v) is 7.09. The molecule has 0 saturated heterocycles. The molecule has 3 N–H and O–H groups in total. The van der Waals surface area contributed by atoms with Crippen LogP contribution in [0.4, 0.5) is 4.39 Å². The number of hydrogen-bond acceptors (Lipinski definition) is 3. The highest BCUT2D eigenvalue weighted by Crippen LogP contribution is 2.17. The van der Waals surface area contributed by atoms with Crippen LogP contribution in [0.3, 0.4) is 0 Å². The molecule has 0 radical (unpaired) electrons. The molecular formula is C9H9FO4. The van der Waals surface area contributed by atoms with E-state index in [2.05, 4.69) is 0 Å². The van der Waals surface area contributed by atoms with Crippen molar-refractivity contribution in [3.05, 3.63) is 35.6 Å². The molecule has 1 aromatic carbocycles. The zero-order valence-electron chi connectivity index (χ0n) is 7.09. The Morgan fingerprint density at radius 1 is 1.21 bits per heavy atom. The lowest BCUT2D eigenvalue weighted by molar-refractivity contribution is -0.153. The van der Waals surface area contributed by atoms with Gasteiger partial charge in [0.15, 0.2) is 6.10 Å². The summed E-state index contributed by atoms with van der Waals surface area (Å²) in [5.41, 5.74) is 0.154. The highest BCUT2D eigenvalue weighted by Gasteiger charge is 2.24. The smallest absolute Gasteiger partial charge is 0.335 e. The fourth-order valence-corrected chi connectivity index (χ4v) is 0.977. The van der Waals surface area contributed by atoms with E-state index in [1.165, 1.54) is 12.1 Å². The molecule has 0 bridgehead atoms. The Labute approximate surface area is 79.2 Å². The molecule has 0 spiro atoms. The molecule has 0 saturated carbocycles. The van der Waals surface area contributed by atoms with E-state index in [9.17, 15) is 14.3 Å². The van der Waals surface area contributed by atoms with Crippen LogP contribution in [-0.2, 0) is 4.79 Å². The molecule has 2 atom stereocenters. The van der Waals surface area contributed by atoms with Crippen LogP contribution in [0.25, 0.3) is 0 Å². The number of aliphatic carboxylic acids is 1. The maximum Gasteiger partial charge on any atom is 0.335 e. The van der Waals surface area contributed by atoms with Gasteiger partial charge < -0.3 is 15.3 Å². The summed E-state index contributed by atoms with van der Waals surface area (Å²) >= 11 is 0. The number of hydrogen-bond donors (Lipinski definition) is 3. The number of carboxylic acid groups (broad SMARTS) is 1. The van der Waals surface area contributed by atoms with Crippen LogP contribution in [0.5, 0.6) is 0 Å². The van der Waals surface area contributed by atoms with Crippen LogP contribution < -0.4 is 0 Å². The molecule has 5 heteroatoms. The Hall–Kier alpha value is -1.46. The summed E-state index contributed by atoms with van der Waals surface area (Å²) in [6.07, 6.45) is -3.45. The van der Waals surface area contributed by atoms with Gasteiger partial charge in [0.1, 0.15) is 11.9 Å². The average Bonchev–Trinajstić information content (AvgIpc) is 2.16. The van der Waals surface area contributed by atoms with E-state index in [4.69, 9.17) is 10.2 Å². The predicted molar refractivity (Wildman–Crippen MR) is 45.0 cm³/mol. The van der Waals surface area contributed by atoms with Crippen molar-refractivity contribution in [3.8, 4) is 0 Å².